The lowest BCUT2D eigenvalue weighted by atomic mass is 9.74. The van der Waals surface area contributed by atoms with Crippen LogP contribution >= 0.6 is 0 Å². The van der Waals surface area contributed by atoms with Crippen molar-refractivity contribution in [2.75, 3.05) is 0 Å². The van der Waals surface area contributed by atoms with Crippen LogP contribution in [0.5, 0.6) is 0 Å². The molecule has 0 saturated carbocycles. The molecule has 20 heavy (non-hydrogen) atoms. The summed E-state index contributed by atoms with van der Waals surface area (Å²) in [4.78, 5) is 0. The van der Waals surface area contributed by atoms with Crippen molar-refractivity contribution in [1.29, 1.82) is 0 Å². The molecule has 1 N–H and O–H groups in total. The van der Waals surface area contributed by atoms with Gasteiger partial charge in [0.25, 0.3) is 0 Å². The minimum Gasteiger partial charge on any atom is -0.389 e. The summed E-state index contributed by atoms with van der Waals surface area (Å²) in [6.07, 6.45) is 0.743. The van der Waals surface area contributed by atoms with Crippen molar-refractivity contribution in [3.8, 4) is 11.1 Å². The Morgan fingerprint density at radius 1 is 1.25 bits per heavy atom. The third-order valence-electron chi connectivity index (χ3n) is 5.08. The van der Waals surface area contributed by atoms with Gasteiger partial charge in [0.2, 0.25) is 0 Å². The molecule has 0 amide bonds. The van der Waals surface area contributed by atoms with Crippen molar-refractivity contribution in [2.24, 2.45) is 0 Å². The Balaban J connectivity index is 2.32. The van der Waals surface area contributed by atoms with Gasteiger partial charge >= 0.3 is 0 Å². The van der Waals surface area contributed by atoms with E-state index in [2.05, 4.69) is 52.0 Å². The van der Waals surface area contributed by atoms with E-state index in [-0.39, 0.29) is 5.92 Å². The molecule has 2 atom stereocenters. The van der Waals surface area contributed by atoms with Crippen molar-refractivity contribution in [2.45, 2.75) is 58.5 Å². The molecule has 0 fully saturated rings. The highest BCUT2D eigenvalue weighted by atomic mass is 16.3. The van der Waals surface area contributed by atoms with Crippen molar-refractivity contribution in [3.05, 3.63) is 46.5 Å². The first-order chi connectivity index (χ1) is 9.31. The molecule has 0 aromatic carbocycles. The predicted molar refractivity (Wildman–Crippen MR) is 84.6 cm³/mol. The van der Waals surface area contributed by atoms with E-state index in [0.717, 1.165) is 6.42 Å². The first kappa shape index (κ1) is 13.6. The Labute approximate surface area is 122 Å². The predicted octanol–water partition coefficient (Wildman–Crippen LogP) is 4.63. The minimum atomic E-state index is -0.646. The quantitative estimate of drug-likeness (QED) is 0.799. The average molecular weight is 268 g/mol. The average Bonchev–Trinajstić information content (AvgIpc) is 2.55. The van der Waals surface area contributed by atoms with Crippen LogP contribution in [-0.2, 0) is 6.42 Å². The fraction of sp³-hybridized carbons (Fsp3) is 0.474. The topological polar surface area (TPSA) is 20.2 Å². The fourth-order valence-corrected chi connectivity index (χ4v) is 3.50. The Morgan fingerprint density at radius 3 is 2.60 bits per heavy atom. The van der Waals surface area contributed by atoms with E-state index in [9.17, 15) is 5.11 Å². The van der Waals surface area contributed by atoms with Crippen molar-refractivity contribution < 1.29 is 5.11 Å². The smallest absolute Gasteiger partial charge is 0.0725 e. The van der Waals surface area contributed by atoms with Crippen molar-refractivity contribution in [1.82, 2.24) is 0 Å². The highest BCUT2D eigenvalue weighted by molar-refractivity contribution is 5.80. The van der Waals surface area contributed by atoms with E-state index < -0.39 is 5.60 Å². The molecule has 2 unspecified atom stereocenters. The first-order valence-electron chi connectivity index (χ1n) is 7.59. The molecule has 3 aliphatic carbocycles. The van der Waals surface area contributed by atoms with Gasteiger partial charge in [0.15, 0.2) is 0 Å². The normalized spacial score (nSPS) is 25.4. The lowest BCUT2D eigenvalue weighted by Crippen LogP contribution is -2.36. The molecule has 0 aromatic rings. The maximum Gasteiger partial charge on any atom is 0.0725 e. The molecule has 0 spiro atoms. The summed E-state index contributed by atoms with van der Waals surface area (Å²) in [6.45, 7) is 10.8. The molecule has 3 aliphatic rings. The van der Waals surface area contributed by atoms with Gasteiger partial charge in [-0.15, -0.1) is 0 Å². The summed E-state index contributed by atoms with van der Waals surface area (Å²) in [5.41, 5.74) is 7.41. The lowest BCUT2D eigenvalue weighted by Gasteiger charge is -2.35. The van der Waals surface area contributed by atoms with Crippen LogP contribution in [0, 0.1) is 6.92 Å². The van der Waals surface area contributed by atoms with Gasteiger partial charge in [0.05, 0.1) is 5.60 Å². The van der Waals surface area contributed by atoms with Gasteiger partial charge in [-0.1, -0.05) is 45.0 Å². The van der Waals surface area contributed by atoms with Crippen LogP contribution < -0.4 is 0 Å². The lowest BCUT2D eigenvalue weighted by molar-refractivity contribution is 0.0339. The molecule has 1 nitrogen and oxygen atoms in total. The van der Waals surface area contributed by atoms with E-state index in [1.165, 1.54) is 33.4 Å². The summed E-state index contributed by atoms with van der Waals surface area (Å²) in [5.74, 6) is 0.714. The van der Waals surface area contributed by atoms with Crippen LogP contribution in [0.1, 0.15) is 61.8 Å². The Kier molecular flexibility index (Phi) is 2.95. The van der Waals surface area contributed by atoms with Gasteiger partial charge in [0, 0.05) is 12.3 Å². The molecule has 0 aromatic heterocycles. The molecule has 0 saturated heterocycles. The van der Waals surface area contributed by atoms with Gasteiger partial charge in [-0.2, -0.15) is 0 Å². The highest BCUT2D eigenvalue weighted by Crippen LogP contribution is 2.47. The minimum absolute atomic E-state index is 0.191. The third kappa shape index (κ3) is 1.88. The van der Waals surface area contributed by atoms with Gasteiger partial charge in [-0.3, -0.25) is 0 Å². The molecular weight excluding hydrogens is 244 g/mol. The van der Waals surface area contributed by atoms with E-state index in [0.29, 0.717) is 5.92 Å². The van der Waals surface area contributed by atoms with E-state index in [1.807, 2.05) is 6.92 Å². The fourth-order valence-electron chi connectivity index (χ4n) is 3.50. The zero-order valence-electron chi connectivity index (χ0n) is 13.1. The SMILES string of the molecule is Cc1cc2c3c(ccc(C(C)C)cc1-3)CC(C)(O)C2C. The van der Waals surface area contributed by atoms with Crippen LogP contribution in [0.25, 0.3) is 11.1 Å². The second kappa shape index (κ2) is 4.33. The van der Waals surface area contributed by atoms with Crippen molar-refractivity contribution in [3.63, 3.8) is 0 Å². The summed E-state index contributed by atoms with van der Waals surface area (Å²) >= 11 is 0. The van der Waals surface area contributed by atoms with Crippen LogP contribution in [0.4, 0.5) is 0 Å². The number of rotatable bonds is 1. The second-order valence-corrected chi connectivity index (χ2v) is 6.98. The largest absolute Gasteiger partial charge is 0.389 e. The van der Waals surface area contributed by atoms with Crippen LogP contribution in [0.3, 0.4) is 0 Å². The van der Waals surface area contributed by atoms with Gasteiger partial charge in [-0.05, 0) is 53.1 Å². The van der Waals surface area contributed by atoms with E-state index in [1.54, 1.807) is 0 Å². The zero-order valence-corrected chi connectivity index (χ0v) is 13.1. The molecule has 0 radical (unpaired) electrons. The summed E-state index contributed by atoms with van der Waals surface area (Å²) in [7, 11) is 0. The Hall–Kier alpha value is -1.34. The van der Waals surface area contributed by atoms with Crippen LogP contribution in [-0.4, -0.2) is 10.7 Å². The van der Waals surface area contributed by atoms with Gasteiger partial charge in [-0.25, -0.2) is 0 Å². The maximum atomic E-state index is 10.7. The second-order valence-electron chi connectivity index (χ2n) is 6.98. The molecule has 3 rings (SSSR count). The summed E-state index contributed by atoms with van der Waals surface area (Å²) in [5, 5.41) is 10.7. The van der Waals surface area contributed by atoms with Crippen LogP contribution in [0.15, 0.2) is 24.3 Å². The van der Waals surface area contributed by atoms with Crippen LogP contribution in [0.2, 0.25) is 0 Å². The molecule has 1 heteroatoms. The van der Waals surface area contributed by atoms with Crippen molar-refractivity contribution >= 4 is 0 Å². The highest BCUT2D eigenvalue weighted by Gasteiger charge is 2.38. The number of hydrogen-bond donors (Lipinski definition) is 1. The molecule has 0 aliphatic heterocycles. The molecular formula is C19H24O. The number of hydrogen-bond acceptors (Lipinski definition) is 1. The summed E-state index contributed by atoms with van der Waals surface area (Å²) in [6, 6.07) is 9.07. The number of aryl methyl sites for hydroxylation is 1. The standard InChI is InChI=1S/C19H24O/c1-11(2)14-6-7-15-10-19(5,20)13(4)17-8-12(3)16(9-14)18(15)17/h6-9,11,13,20H,10H2,1-5H3. The Morgan fingerprint density at radius 2 is 1.95 bits per heavy atom. The van der Waals surface area contributed by atoms with Gasteiger partial charge in [0.1, 0.15) is 0 Å². The third-order valence-corrected chi connectivity index (χ3v) is 5.08. The Bertz CT molecular complexity index is 637. The first-order valence-corrected chi connectivity index (χ1v) is 7.59. The van der Waals surface area contributed by atoms with E-state index >= 15 is 0 Å². The monoisotopic (exact) mass is 268 g/mol. The van der Waals surface area contributed by atoms with E-state index in [4.69, 9.17) is 0 Å². The molecule has 0 heterocycles. The number of aliphatic hydroxyl groups is 1. The molecule has 106 valence electrons. The van der Waals surface area contributed by atoms with Gasteiger partial charge < -0.3 is 5.11 Å². The maximum absolute atomic E-state index is 10.7. The summed E-state index contributed by atoms with van der Waals surface area (Å²) < 4.78 is 0. The molecule has 0 bridgehead atoms. The zero-order chi connectivity index (χ0) is 14.7.